The van der Waals surface area contributed by atoms with Crippen molar-refractivity contribution in [1.82, 2.24) is 10.2 Å². The Morgan fingerprint density at radius 2 is 2.20 bits per heavy atom. The Bertz CT molecular complexity index is 532. The summed E-state index contributed by atoms with van der Waals surface area (Å²) in [7, 11) is 0. The van der Waals surface area contributed by atoms with Gasteiger partial charge in [-0.15, -0.1) is 23.7 Å². The summed E-state index contributed by atoms with van der Waals surface area (Å²) in [6, 6.07) is 11.5. The Balaban J connectivity index is 0.00000147. The summed E-state index contributed by atoms with van der Waals surface area (Å²) in [5, 5.41) is 5.51. The first-order chi connectivity index (χ1) is 9.33. The highest BCUT2D eigenvalue weighted by molar-refractivity contribution is 7.09. The number of hydrogen-bond acceptors (Lipinski definition) is 3. The van der Waals surface area contributed by atoms with Crippen molar-refractivity contribution < 1.29 is 4.39 Å². The Kier molecular flexibility index (Phi) is 5.54. The average Bonchev–Trinajstić information content (AvgIpc) is 2.92. The van der Waals surface area contributed by atoms with Crippen LogP contribution >= 0.6 is 23.7 Å². The van der Waals surface area contributed by atoms with Gasteiger partial charge in [-0.1, -0.05) is 18.2 Å². The van der Waals surface area contributed by atoms with Gasteiger partial charge in [0, 0.05) is 37.1 Å². The lowest BCUT2D eigenvalue weighted by Crippen LogP contribution is -2.45. The molecule has 1 saturated heterocycles. The van der Waals surface area contributed by atoms with Crippen LogP contribution in [0.1, 0.15) is 16.5 Å². The highest BCUT2D eigenvalue weighted by Crippen LogP contribution is 2.25. The van der Waals surface area contributed by atoms with Gasteiger partial charge in [0.15, 0.2) is 0 Å². The van der Waals surface area contributed by atoms with Crippen molar-refractivity contribution in [3.8, 4) is 0 Å². The smallest absolute Gasteiger partial charge is 0.123 e. The summed E-state index contributed by atoms with van der Waals surface area (Å²) in [5.41, 5.74) is 1.06. The average molecular weight is 313 g/mol. The van der Waals surface area contributed by atoms with Gasteiger partial charge in [0.05, 0.1) is 0 Å². The standard InChI is InChI=1S/C15H17FN2S.ClH/c16-13-4-1-3-12(9-13)15-10-17-6-7-18(15)11-14-5-2-8-19-14;/h1-5,8-9,15,17H,6-7,10-11H2;1H. The van der Waals surface area contributed by atoms with Gasteiger partial charge in [-0.05, 0) is 29.1 Å². The third kappa shape index (κ3) is 3.58. The van der Waals surface area contributed by atoms with E-state index in [4.69, 9.17) is 0 Å². The van der Waals surface area contributed by atoms with Crippen molar-refractivity contribution >= 4 is 23.7 Å². The molecule has 0 amide bonds. The van der Waals surface area contributed by atoms with Gasteiger partial charge >= 0.3 is 0 Å². The van der Waals surface area contributed by atoms with Crippen molar-refractivity contribution in [3.05, 3.63) is 58.0 Å². The molecule has 3 rings (SSSR count). The number of nitrogens with one attached hydrogen (secondary N) is 1. The zero-order valence-corrected chi connectivity index (χ0v) is 12.7. The first-order valence-corrected chi connectivity index (χ1v) is 7.43. The van der Waals surface area contributed by atoms with E-state index in [1.807, 2.05) is 6.07 Å². The molecule has 1 atom stereocenters. The Morgan fingerprint density at radius 1 is 1.30 bits per heavy atom. The lowest BCUT2D eigenvalue weighted by molar-refractivity contribution is 0.155. The molecule has 5 heteroatoms. The molecule has 2 nitrogen and oxygen atoms in total. The molecule has 20 heavy (non-hydrogen) atoms. The van der Waals surface area contributed by atoms with Crippen molar-refractivity contribution in [2.75, 3.05) is 19.6 Å². The Labute approximate surface area is 129 Å². The third-order valence-corrected chi connectivity index (χ3v) is 4.39. The predicted octanol–water partition coefficient (Wildman–Crippen LogP) is 3.46. The normalized spacial score (nSPS) is 19.6. The summed E-state index contributed by atoms with van der Waals surface area (Å²) in [6.07, 6.45) is 0. The molecule has 2 heterocycles. The summed E-state index contributed by atoms with van der Waals surface area (Å²) >= 11 is 1.78. The second-order valence-corrected chi connectivity index (χ2v) is 5.86. The van der Waals surface area contributed by atoms with E-state index in [1.54, 1.807) is 23.5 Å². The van der Waals surface area contributed by atoms with Crippen molar-refractivity contribution in [3.63, 3.8) is 0 Å². The molecule has 0 radical (unpaired) electrons. The van der Waals surface area contributed by atoms with Crippen LogP contribution in [0.2, 0.25) is 0 Å². The molecule has 1 aliphatic rings. The maximum absolute atomic E-state index is 13.4. The fourth-order valence-electron chi connectivity index (χ4n) is 2.58. The number of nitrogens with zero attached hydrogens (tertiary/aromatic N) is 1. The summed E-state index contributed by atoms with van der Waals surface area (Å²) in [4.78, 5) is 3.79. The number of hydrogen-bond donors (Lipinski definition) is 1. The molecule has 1 aromatic carbocycles. The lowest BCUT2D eigenvalue weighted by atomic mass is 10.0. The maximum atomic E-state index is 13.4. The van der Waals surface area contributed by atoms with Crippen molar-refractivity contribution in [2.24, 2.45) is 0 Å². The minimum absolute atomic E-state index is 0. The molecule has 1 aliphatic heterocycles. The van der Waals surface area contributed by atoms with Crippen LogP contribution < -0.4 is 5.32 Å². The zero-order valence-electron chi connectivity index (χ0n) is 11.1. The van der Waals surface area contributed by atoms with Gasteiger partial charge < -0.3 is 5.32 Å². The monoisotopic (exact) mass is 312 g/mol. The quantitative estimate of drug-likeness (QED) is 0.934. The fourth-order valence-corrected chi connectivity index (χ4v) is 3.31. The minimum Gasteiger partial charge on any atom is -0.314 e. The van der Waals surface area contributed by atoms with Crippen molar-refractivity contribution in [1.29, 1.82) is 0 Å². The van der Waals surface area contributed by atoms with Crippen LogP contribution in [0.5, 0.6) is 0 Å². The molecule has 2 aromatic rings. The number of thiophene rings is 1. The first kappa shape index (κ1) is 15.4. The van der Waals surface area contributed by atoms with Gasteiger partial charge in [0.1, 0.15) is 5.82 Å². The summed E-state index contributed by atoms with van der Waals surface area (Å²) < 4.78 is 13.4. The van der Waals surface area contributed by atoms with Crippen LogP contribution in [-0.2, 0) is 6.54 Å². The second kappa shape index (κ2) is 7.18. The van der Waals surface area contributed by atoms with E-state index in [0.29, 0.717) is 0 Å². The number of rotatable bonds is 3. The molecular formula is C15H18ClFN2S. The highest BCUT2D eigenvalue weighted by atomic mass is 35.5. The minimum atomic E-state index is -0.154. The fraction of sp³-hybridized carbons (Fsp3) is 0.333. The lowest BCUT2D eigenvalue weighted by Gasteiger charge is -2.36. The van der Waals surface area contributed by atoms with Crippen LogP contribution in [0, 0.1) is 5.82 Å². The molecule has 108 valence electrons. The van der Waals surface area contributed by atoms with E-state index in [9.17, 15) is 4.39 Å². The Morgan fingerprint density at radius 3 is 2.95 bits per heavy atom. The second-order valence-electron chi connectivity index (χ2n) is 4.82. The highest BCUT2D eigenvalue weighted by Gasteiger charge is 2.24. The molecule has 0 saturated carbocycles. The molecule has 1 unspecified atom stereocenters. The summed E-state index contributed by atoms with van der Waals surface area (Å²) in [5.74, 6) is -0.154. The summed E-state index contributed by atoms with van der Waals surface area (Å²) in [6.45, 7) is 3.83. The van der Waals surface area contributed by atoms with Crippen LogP contribution in [0.15, 0.2) is 41.8 Å². The zero-order chi connectivity index (χ0) is 13.1. The SMILES string of the molecule is Cl.Fc1cccc(C2CNCCN2Cc2cccs2)c1. The van der Waals surface area contributed by atoms with Crippen LogP contribution in [0.4, 0.5) is 4.39 Å². The first-order valence-electron chi connectivity index (χ1n) is 6.55. The van der Waals surface area contributed by atoms with E-state index in [2.05, 4.69) is 27.7 Å². The number of halogens is 2. The predicted molar refractivity (Wildman–Crippen MR) is 84.0 cm³/mol. The molecule has 0 aliphatic carbocycles. The number of piperazine rings is 1. The topological polar surface area (TPSA) is 15.3 Å². The molecule has 1 N–H and O–H groups in total. The van der Waals surface area contributed by atoms with E-state index >= 15 is 0 Å². The molecule has 1 fully saturated rings. The van der Waals surface area contributed by atoms with E-state index < -0.39 is 0 Å². The maximum Gasteiger partial charge on any atom is 0.123 e. The largest absolute Gasteiger partial charge is 0.314 e. The van der Waals surface area contributed by atoms with Crippen LogP contribution in [0.3, 0.4) is 0 Å². The third-order valence-electron chi connectivity index (χ3n) is 3.53. The van der Waals surface area contributed by atoms with Gasteiger partial charge in [0.25, 0.3) is 0 Å². The van der Waals surface area contributed by atoms with Gasteiger partial charge in [-0.3, -0.25) is 4.90 Å². The van der Waals surface area contributed by atoms with Crippen molar-refractivity contribution in [2.45, 2.75) is 12.6 Å². The Hall–Kier alpha value is -0.940. The van der Waals surface area contributed by atoms with E-state index in [1.165, 1.54) is 10.9 Å². The number of benzene rings is 1. The van der Waals surface area contributed by atoms with Crippen LogP contribution in [-0.4, -0.2) is 24.5 Å². The van der Waals surface area contributed by atoms with Gasteiger partial charge in [0.2, 0.25) is 0 Å². The van der Waals surface area contributed by atoms with E-state index in [-0.39, 0.29) is 24.3 Å². The molecule has 1 aromatic heterocycles. The van der Waals surface area contributed by atoms with Crippen LogP contribution in [0.25, 0.3) is 0 Å². The molecular weight excluding hydrogens is 295 g/mol. The van der Waals surface area contributed by atoms with Gasteiger partial charge in [-0.2, -0.15) is 0 Å². The molecule has 0 bridgehead atoms. The van der Waals surface area contributed by atoms with E-state index in [0.717, 1.165) is 31.7 Å². The molecule has 0 spiro atoms. The van der Waals surface area contributed by atoms with Gasteiger partial charge in [-0.25, -0.2) is 4.39 Å².